The summed E-state index contributed by atoms with van der Waals surface area (Å²) in [5, 5.41) is 6.30. The quantitative estimate of drug-likeness (QED) is 0.756. The fourth-order valence-corrected chi connectivity index (χ4v) is 3.76. The van der Waals surface area contributed by atoms with Crippen molar-refractivity contribution in [2.75, 3.05) is 19.6 Å². The Kier molecular flexibility index (Phi) is 6.60. The minimum atomic E-state index is -0.463. The van der Waals surface area contributed by atoms with Gasteiger partial charge in [0.05, 0.1) is 5.71 Å². The van der Waals surface area contributed by atoms with Gasteiger partial charge in [-0.25, -0.2) is 9.80 Å². The van der Waals surface area contributed by atoms with Crippen molar-refractivity contribution in [2.24, 2.45) is 11.0 Å². The summed E-state index contributed by atoms with van der Waals surface area (Å²) in [5.74, 6) is 0.605. The maximum Gasteiger partial charge on any atom is 0.410 e. The maximum atomic E-state index is 12.3. The molecular weight excluding hydrogens is 366 g/mol. The van der Waals surface area contributed by atoms with E-state index >= 15 is 0 Å². The number of aryl methyl sites for hydroxylation is 1. The largest absolute Gasteiger partial charge is 0.444 e. The van der Waals surface area contributed by atoms with Gasteiger partial charge in [0.15, 0.2) is 0 Å². The van der Waals surface area contributed by atoms with Gasteiger partial charge in [0, 0.05) is 32.5 Å². The van der Waals surface area contributed by atoms with Crippen LogP contribution in [0.4, 0.5) is 4.79 Å². The van der Waals surface area contributed by atoms with E-state index in [4.69, 9.17) is 4.74 Å². The Hall–Kier alpha value is -2.37. The number of carbonyl (C=O) groups excluding carboxylic acids is 2. The van der Waals surface area contributed by atoms with Crippen molar-refractivity contribution in [1.82, 2.24) is 9.91 Å². The SMILES string of the molecule is Cc1ccc(C2=NN(CCC3CCN(C(=O)OC(C)(C)C)CC3)C(=O)CC2)cc1. The van der Waals surface area contributed by atoms with E-state index in [0.29, 0.717) is 38.4 Å². The molecule has 0 N–H and O–H groups in total. The number of amides is 2. The Morgan fingerprint density at radius 2 is 1.79 bits per heavy atom. The van der Waals surface area contributed by atoms with E-state index in [9.17, 15) is 9.59 Å². The first-order chi connectivity index (χ1) is 13.7. The average Bonchev–Trinajstić information content (AvgIpc) is 2.67. The van der Waals surface area contributed by atoms with Gasteiger partial charge in [-0.05, 0) is 58.4 Å². The number of carbonyl (C=O) groups is 2. The Labute approximate surface area is 173 Å². The standard InChI is InChI=1S/C23H33N3O3/c1-17-5-7-19(8-6-17)20-9-10-21(27)26(24-20)16-13-18-11-14-25(15-12-18)22(28)29-23(2,3)4/h5-8,18H,9-16H2,1-4H3. The zero-order chi connectivity index (χ0) is 21.0. The summed E-state index contributed by atoms with van der Waals surface area (Å²) in [6, 6.07) is 8.32. The van der Waals surface area contributed by atoms with Gasteiger partial charge < -0.3 is 9.64 Å². The lowest BCUT2D eigenvalue weighted by Gasteiger charge is -2.34. The molecule has 0 unspecified atom stereocenters. The van der Waals surface area contributed by atoms with Gasteiger partial charge in [-0.1, -0.05) is 29.8 Å². The van der Waals surface area contributed by atoms with Crippen molar-refractivity contribution in [3.8, 4) is 0 Å². The number of hydrogen-bond donors (Lipinski definition) is 0. The second-order valence-electron chi connectivity index (χ2n) is 9.13. The highest BCUT2D eigenvalue weighted by Crippen LogP contribution is 2.24. The summed E-state index contributed by atoms with van der Waals surface area (Å²) >= 11 is 0. The van der Waals surface area contributed by atoms with Crippen molar-refractivity contribution in [3.05, 3.63) is 35.4 Å². The first-order valence-corrected chi connectivity index (χ1v) is 10.6. The molecule has 0 saturated carbocycles. The fraction of sp³-hybridized carbons (Fsp3) is 0.609. The molecule has 1 saturated heterocycles. The van der Waals surface area contributed by atoms with E-state index in [2.05, 4.69) is 36.3 Å². The minimum Gasteiger partial charge on any atom is -0.444 e. The number of ether oxygens (including phenoxy) is 1. The molecule has 0 spiro atoms. The first-order valence-electron chi connectivity index (χ1n) is 10.6. The molecule has 0 radical (unpaired) electrons. The van der Waals surface area contributed by atoms with Gasteiger partial charge >= 0.3 is 6.09 Å². The first kappa shape index (κ1) is 21.3. The summed E-state index contributed by atoms with van der Waals surface area (Å²) in [7, 11) is 0. The predicted molar refractivity (Wildman–Crippen MR) is 114 cm³/mol. The highest BCUT2D eigenvalue weighted by Gasteiger charge is 2.28. The lowest BCUT2D eigenvalue weighted by Crippen LogP contribution is -2.42. The Morgan fingerprint density at radius 1 is 1.14 bits per heavy atom. The average molecular weight is 400 g/mol. The van der Waals surface area contributed by atoms with Gasteiger partial charge in [-0.15, -0.1) is 0 Å². The molecule has 1 aromatic rings. The number of hydrogen-bond acceptors (Lipinski definition) is 4. The molecule has 29 heavy (non-hydrogen) atoms. The summed E-state index contributed by atoms with van der Waals surface area (Å²) < 4.78 is 5.46. The van der Waals surface area contributed by atoms with Crippen molar-refractivity contribution < 1.29 is 14.3 Å². The molecule has 6 heteroatoms. The monoisotopic (exact) mass is 399 g/mol. The van der Waals surface area contributed by atoms with Gasteiger partial charge in [0.25, 0.3) is 0 Å². The molecule has 2 aliphatic heterocycles. The van der Waals surface area contributed by atoms with Gasteiger partial charge in [-0.2, -0.15) is 5.10 Å². The molecule has 6 nitrogen and oxygen atoms in total. The van der Waals surface area contributed by atoms with Crippen LogP contribution >= 0.6 is 0 Å². The Bertz CT molecular complexity index is 757. The lowest BCUT2D eigenvalue weighted by molar-refractivity contribution is -0.132. The second kappa shape index (κ2) is 8.97. The third-order valence-corrected chi connectivity index (χ3v) is 5.51. The number of rotatable bonds is 4. The van der Waals surface area contributed by atoms with Gasteiger partial charge in [0.2, 0.25) is 5.91 Å². The van der Waals surface area contributed by atoms with Crippen LogP contribution in [-0.2, 0) is 9.53 Å². The Morgan fingerprint density at radius 3 is 2.41 bits per heavy atom. The third-order valence-electron chi connectivity index (χ3n) is 5.51. The molecular formula is C23H33N3O3. The fourth-order valence-electron chi connectivity index (χ4n) is 3.76. The van der Waals surface area contributed by atoms with E-state index in [1.807, 2.05) is 20.8 Å². The zero-order valence-corrected chi connectivity index (χ0v) is 18.1. The number of piperidine rings is 1. The van der Waals surface area contributed by atoms with E-state index in [1.165, 1.54) is 5.56 Å². The van der Waals surface area contributed by atoms with Crippen molar-refractivity contribution in [3.63, 3.8) is 0 Å². The molecule has 0 aromatic heterocycles. The van der Waals surface area contributed by atoms with Crippen LogP contribution in [0.15, 0.2) is 29.4 Å². The van der Waals surface area contributed by atoms with Crippen molar-refractivity contribution in [2.45, 2.75) is 65.4 Å². The highest BCUT2D eigenvalue weighted by atomic mass is 16.6. The summed E-state index contributed by atoms with van der Waals surface area (Å²) in [4.78, 5) is 26.3. The van der Waals surface area contributed by atoms with E-state index in [1.54, 1.807) is 9.91 Å². The number of nitrogens with zero attached hydrogens (tertiary/aromatic N) is 3. The van der Waals surface area contributed by atoms with E-state index in [-0.39, 0.29) is 12.0 Å². The number of hydrazone groups is 1. The smallest absolute Gasteiger partial charge is 0.410 e. The van der Waals surface area contributed by atoms with Crippen molar-refractivity contribution in [1.29, 1.82) is 0 Å². The lowest BCUT2D eigenvalue weighted by atomic mass is 9.93. The molecule has 3 rings (SSSR count). The zero-order valence-electron chi connectivity index (χ0n) is 18.1. The molecule has 158 valence electrons. The molecule has 1 aromatic carbocycles. The summed E-state index contributed by atoms with van der Waals surface area (Å²) in [5.41, 5.74) is 2.84. The summed E-state index contributed by atoms with van der Waals surface area (Å²) in [6.45, 7) is 9.80. The molecule has 0 atom stereocenters. The van der Waals surface area contributed by atoms with Crippen LogP contribution in [0.2, 0.25) is 0 Å². The van der Waals surface area contributed by atoms with Crippen LogP contribution in [0.3, 0.4) is 0 Å². The Balaban J connectivity index is 1.50. The normalized spacial score (nSPS) is 18.6. The molecule has 2 amide bonds. The van der Waals surface area contributed by atoms with Crippen LogP contribution in [0.1, 0.15) is 64.0 Å². The second-order valence-corrected chi connectivity index (χ2v) is 9.13. The molecule has 0 aliphatic carbocycles. The van der Waals surface area contributed by atoms with Crippen LogP contribution in [-0.4, -0.2) is 52.9 Å². The topological polar surface area (TPSA) is 62.2 Å². The third kappa shape index (κ3) is 6.05. The molecule has 2 aliphatic rings. The summed E-state index contributed by atoms with van der Waals surface area (Å²) in [6.07, 6.45) is 3.79. The van der Waals surface area contributed by atoms with Crippen LogP contribution < -0.4 is 0 Å². The maximum absolute atomic E-state index is 12.3. The van der Waals surface area contributed by atoms with Gasteiger partial charge in [-0.3, -0.25) is 4.79 Å². The minimum absolute atomic E-state index is 0.104. The van der Waals surface area contributed by atoms with Gasteiger partial charge in [0.1, 0.15) is 5.60 Å². The van der Waals surface area contributed by atoms with Crippen LogP contribution in [0, 0.1) is 12.8 Å². The van der Waals surface area contributed by atoms with E-state index in [0.717, 1.165) is 30.5 Å². The predicted octanol–water partition coefficient (Wildman–Crippen LogP) is 4.36. The molecule has 0 bridgehead atoms. The molecule has 1 fully saturated rings. The highest BCUT2D eigenvalue weighted by molar-refractivity contribution is 6.04. The van der Waals surface area contributed by atoms with Crippen LogP contribution in [0.25, 0.3) is 0 Å². The van der Waals surface area contributed by atoms with Crippen LogP contribution in [0.5, 0.6) is 0 Å². The number of likely N-dealkylation sites (tertiary alicyclic amines) is 1. The van der Waals surface area contributed by atoms with E-state index < -0.39 is 5.60 Å². The van der Waals surface area contributed by atoms with Crippen molar-refractivity contribution >= 4 is 17.7 Å². The number of benzene rings is 1. The molecule has 2 heterocycles.